The van der Waals surface area contributed by atoms with Gasteiger partial charge in [-0.2, -0.15) is 0 Å². The molecule has 1 aromatic carbocycles. The van der Waals surface area contributed by atoms with Crippen LogP contribution in [0.3, 0.4) is 0 Å². The fourth-order valence-electron chi connectivity index (χ4n) is 2.11. The highest BCUT2D eigenvalue weighted by Gasteiger charge is 2.17. The highest BCUT2D eigenvalue weighted by Crippen LogP contribution is 2.35. The molecule has 0 radical (unpaired) electrons. The number of ether oxygens (including phenoxy) is 3. The number of carbonyl (C=O) groups is 1. The van der Waals surface area contributed by atoms with Crippen molar-refractivity contribution in [3.8, 4) is 11.5 Å². The van der Waals surface area contributed by atoms with Crippen molar-refractivity contribution in [3.63, 3.8) is 0 Å². The van der Waals surface area contributed by atoms with Crippen LogP contribution in [0.5, 0.6) is 11.5 Å². The van der Waals surface area contributed by atoms with Crippen molar-refractivity contribution in [1.29, 1.82) is 0 Å². The Hall–Kier alpha value is -1.27. The first kappa shape index (κ1) is 16.1. The fourth-order valence-corrected chi connectivity index (χ4v) is 2.57. The maximum atomic E-state index is 12.1. The number of benzene rings is 1. The number of amides is 1. The predicted molar refractivity (Wildman–Crippen MR) is 82.9 cm³/mol. The van der Waals surface area contributed by atoms with E-state index < -0.39 is 0 Å². The molecule has 1 heterocycles. The van der Waals surface area contributed by atoms with E-state index in [-0.39, 0.29) is 11.9 Å². The molecule has 0 aliphatic carbocycles. The average Bonchev–Trinajstić information content (AvgIpc) is 2.45. The van der Waals surface area contributed by atoms with Crippen LogP contribution < -0.4 is 14.8 Å². The maximum Gasteiger partial charge on any atom is 0.224 e. The van der Waals surface area contributed by atoms with Gasteiger partial charge in [0.25, 0.3) is 0 Å². The summed E-state index contributed by atoms with van der Waals surface area (Å²) in [6.07, 6.45) is 1.10. The molecule has 6 heteroatoms. The first-order valence-electron chi connectivity index (χ1n) is 6.96. The summed E-state index contributed by atoms with van der Waals surface area (Å²) in [5, 5.41) is 2.96. The number of nitrogens with one attached hydrogen (secondary N) is 1. The lowest BCUT2D eigenvalue weighted by Gasteiger charge is -2.20. The Morgan fingerprint density at radius 2 is 2.05 bits per heavy atom. The molecule has 1 aromatic rings. The van der Waals surface area contributed by atoms with Crippen molar-refractivity contribution in [2.24, 2.45) is 0 Å². The highest BCUT2D eigenvalue weighted by molar-refractivity contribution is 9.10. The van der Waals surface area contributed by atoms with Gasteiger partial charge in [0.1, 0.15) is 13.2 Å². The molecule has 116 valence electrons. The molecule has 1 aliphatic rings. The Morgan fingerprint density at radius 3 is 2.71 bits per heavy atom. The fraction of sp³-hybridized carbons (Fsp3) is 0.533. The van der Waals surface area contributed by atoms with Crippen molar-refractivity contribution < 1.29 is 19.0 Å². The average molecular weight is 358 g/mol. The van der Waals surface area contributed by atoms with Gasteiger partial charge >= 0.3 is 0 Å². The molecule has 21 heavy (non-hydrogen) atoms. The second-order valence-corrected chi connectivity index (χ2v) is 5.87. The third-order valence-electron chi connectivity index (χ3n) is 3.22. The van der Waals surface area contributed by atoms with Gasteiger partial charge in [0.05, 0.1) is 6.42 Å². The van der Waals surface area contributed by atoms with Gasteiger partial charge in [-0.05, 0) is 31.0 Å². The van der Waals surface area contributed by atoms with E-state index in [1.807, 2.05) is 19.1 Å². The SMILES string of the molecule is COCCC(C)NC(=O)Cc1cc2c(cc1Br)OCCO2. The van der Waals surface area contributed by atoms with E-state index in [1.165, 1.54) is 0 Å². The van der Waals surface area contributed by atoms with E-state index in [1.54, 1.807) is 7.11 Å². The molecule has 0 fully saturated rings. The number of fused-ring (bicyclic) bond motifs is 1. The Balaban J connectivity index is 1.97. The largest absolute Gasteiger partial charge is 0.486 e. The molecule has 5 nitrogen and oxygen atoms in total. The van der Waals surface area contributed by atoms with Gasteiger partial charge in [-0.3, -0.25) is 4.79 Å². The zero-order chi connectivity index (χ0) is 15.2. The van der Waals surface area contributed by atoms with Crippen LogP contribution in [0.2, 0.25) is 0 Å². The van der Waals surface area contributed by atoms with Gasteiger partial charge < -0.3 is 19.5 Å². The van der Waals surface area contributed by atoms with E-state index in [4.69, 9.17) is 14.2 Å². The van der Waals surface area contributed by atoms with E-state index >= 15 is 0 Å². The van der Waals surface area contributed by atoms with E-state index in [2.05, 4.69) is 21.2 Å². The molecule has 1 amide bonds. The van der Waals surface area contributed by atoms with Crippen LogP contribution in [-0.4, -0.2) is 38.9 Å². The minimum absolute atomic E-state index is 0.0176. The van der Waals surface area contributed by atoms with Crippen LogP contribution in [0.4, 0.5) is 0 Å². The highest BCUT2D eigenvalue weighted by atomic mass is 79.9. The van der Waals surface area contributed by atoms with Crippen LogP contribution in [-0.2, 0) is 16.0 Å². The number of halogens is 1. The quantitative estimate of drug-likeness (QED) is 0.848. The van der Waals surface area contributed by atoms with Crippen LogP contribution in [0, 0.1) is 0 Å². The van der Waals surface area contributed by atoms with Gasteiger partial charge in [-0.25, -0.2) is 0 Å². The number of rotatable bonds is 6. The van der Waals surface area contributed by atoms with Crippen molar-refractivity contribution >= 4 is 21.8 Å². The first-order valence-corrected chi connectivity index (χ1v) is 7.75. The smallest absolute Gasteiger partial charge is 0.224 e. The molecular formula is C15H20BrNO4. The van der Waals surface area contributed by atoms with Crippen LogP contribution >= 0.6 is 15.9 Å². The van der Waals surface area contributed by atoms with Crippen molar-refractivity contribution in [2.75, 3.05) is 26.9 Å². The second kappa shape index (κ2) is 7.66. The first-order chi connectivity index (χ1) is 10.1. The third kappa shape index (κ3) is 4.61. The Labute approximate surface area is 133 Å². The minimum atomic E-state index is -0.0176. The molecule has 0 aromatic heterocycles. The molecular weight excluding hydrogens is 338 g/mol. The lowest BCUT2D eigenvalue weighted by atomic mass is 10.1. The minimum Gasteiger partial charge on any atom is -0.486 e. The number of hydrogen-bond acceptors (Lipinski definition) is 4. The van der Waals surface area contributed by atoms with E-state index in [0.29, 0.717) is 37.7 Å². The number of hydrogen-bond donors (Lipinski definition) is 1. The topological polar surface area (TPSA) is 56.8 Å². The predicted octanol–water partition coefficient (Wildman–Crippen LogP) is 2.30. The number of carbonyl (C=O) groups excluding carboxylic acids is 1. The van der Waals surface area contributed by atoms with Crippen LogP contribution in [0.15, 0.2) is 16.6 Å². The summed E-state index contributed by atoms with van der Waals surface area (Å²) in [7, 11) is 1.65. The molecule has 2 rings (SSSR count). The third-order valence-corrected chi connectivity index (χ3v) is 3.96. The van der Waals surface area contributed by atoms with Crippen molar-refractivity contribution in [1.82, 2.24) is 5.32 Å². The summed E-state index contributed by atoms with van der Waals surface area (Å²) in [5.41, 5.74) is 0.885. The molecule has 0 spiro atoms. The van der Waals surface area contributed by atoms with Gasteiger partial charge in [-0.1, -0.05) is 15.9 Å². The van der Waals surface area contributed by atoms with Gasteiger partial charge in [-0.15, -0.1) is 0 Å². The Kier molecular flexibility index (Phi) is 5.87. The van der Waals surface area contributed by atoms with Gasteiger partial charge in [0.15, 0.2) is 11.5 Å². The lowest BCUT2D eigenvalue weighted by Crippen LogP contribution is -2.34. The molecule has 0 bridgehead atoms. The van der Waals surface area contributed by atoms with Crippen molar-refractivity contribution in [3.05, 3.63) is 22.2 Å². The molecule has 1 unspecified atom stereocenters. The number of methoxy groups -OCH3 is 1. The summed E-state index contributed by atoms with van der Waals surface area (Å²) in [6, 6.07) is 3.80. The van der Waals surface area contributed by atoms with Crippen LogP contribution in [0.25, 0.3) is 0 Å². The zero-order valence-corrected chi connectivity index (χ0v) is 13.9. The summed E-state index contributed by atoms with van der Waals surface area (Å²) >= 11 is 3.48. The van der Waals surface area contributed by atoms with E-state index in [9.17, 15) is 4.79 Å². The normalized spacial score (nSPS) is 14.6. The summed E-state index contributed by atoms with van der Waals surface area (Å²) in [6.45, 7) is 3.69. The van der Waals surface area contributed by atoms with E-state index in [0.717, 1.165) is 16.5 Å². The van der Waals surface area contributed by atoms with Crippen LogP contribution in [0.1, 0.15) is 18.9 Å². The van der Waals surface area contributed by atoms with Gasteiger partial charge in [0.2, 0.25) is 5.91 Å². The molecule has 0 saturated carbocycles. The second-order valence-electron chi connectivity index (χ2n) is 5.01. The summed E-state index contributed by atoms with van der Waals surface area (Å²) in [4.78, 5) is 12.1. The summed E-state index contributed by atoms with van der Waals surface area (Å²) < 4.78 is 16.9. The molecule has 1 atom stereocenters. The monoisotopic (exact) mass is 357 g/mol. The zero-order valence-electron chi connectivity index (χ0n) is 12.3. The Morgan fingerprint density at radius 1 is 1.38 bits per heavy atom. The standard InChI is InChI=1S/C15H20BrNO4/c1-10(3-4-19-2)17-15(18)8-11-7-13-14(9-12(11)16)21-6-5-20-13/h7,9-10H,3-6,8H2,1-2H3,(H,17,18). The molecule has 1 N–H and O–H groups in total. The Bertz CT molecular complexity index is 507. The van der Waals surface area contributed by atoms with Crippen molar-refractivity contribution in [2.45, 2.75) is 25.8 Å². The molecule has 1 aliphatic heterocycles. The maximum absolute atomic E-state index is 12.1. The lowest BCUT2D eigenvalue weighted by molar-refractivity contribution is -0.121. The molecule has 0 saturated heterocycles. The summed E-state index contributed by atoms with van der Waals surface area (Å²) in [5.74, 6) is 1.39. The van der Waals surface area contributed by atoms with Gasteiger partial charge in [0, 0.05) is 24.2 Å².